The van der Waals surface area contributed by atoms with Gasteiger partial charge in [0.1, 0.15) is 18.1 Å². The third-order valence-electron chi connectivity index (χ3n) is 5.55. The first-order valence-corrected chi connectivity index (χ1v) is 10.6. The number of carbonyl (C=O) groups excluding carboxylic acids is 1. The quantitative estimate of drug-likeness (QED) is 0.419. The Morgan fingerprint density at radius 3 is 2.38 bits per heavy atom. The zero-order chi connectivity index (χ0) is 23.1. The molecule has 0 saturated heterocycles. The third kappa shape index (κ3) is 5.76. The van der Waals surface area contributed by atoms with Crippen LogP contribution in [0.2, 0.25) is 0 Å². The molecule has 0 fully saturated rings. The first-order chi connectivity index (χ1) is 15.4. The van der Waals surface area contributed by atoms with Crippen LogP contribution in [0.15, 0.2) is 72.8 Å². The van der Waals surface area contributed by atoms with Gasteiger partial charge in [0, 0.05) is 11.5 Å². The molecule has 2 unspecified atom stereocenters. The first kappa shape index (κ1) is 23.1. The summed E-state index contributed by atoms with van der Waals surface area (Å²) in [7, 11) is 1.62. The van der Waals surface area contributed by atoms with Crippen molar-refractivity contribution in [1.82, 2.24) is 0 Å². The van der Waals surface area contributed by atoms with E-state index in [-0.39, 0.29) is 12.2 Å². The maximum absolute atomic E-state index is 13.5. The predicted molar refractivity (Wildman–Crippen MR) is 123 cm³/mol. The van der Waals surface area contributed by atoms with Crippen molar-refractivity contribution in [2.75, 3.05) is 7.11 Å². The van der Waals surface area contributed by atoms with Crippen LogP contribution in [-0.2, 0) is 11.4 Å². The molecule has 1 N–H and O–H groups in total. The number of hydrogen-bond acceptors (Lipinski definition) is 4. The van der Waals surface area contributed by atoms with Gasteiger partial charge in [-0.1, -0.05) is 55.5 Å². The fraction of sp³-hybridized carbons (Fsp3) is 0.259. The molecule has 2 atom stereocenters. The minimum atomic E-state index is -0.910. The fourth-order valence-electron chi connectivity index (χ4n) is 3.68. The van der Waals surface area contributed by atoms with Gasteiger partial charge in [0.15, 0.2) is 5.78 Å². The Morgan fingerprint density at radius 1 is 0.938 bits per heavy atom. The van der Waals surface area contributed by atoms with Crippen LogP contribution >= 0.6 is 0 Å². The lowest BCUT2D eigenvalue weighted by Gasteiger charge is -2.21. The van der Waals surface area contributed by atoms with E-state index in [4.69, 9.17) is 9.47 Å². The Morgan fingerprint density at radius 2 is 1.66 bits per heavy atom. The Kier molecular flexibility index (Phi) is 7.66. The molecule has 5 heteroatoms. The Balaban J connectivity index is 1.83. The van der Waals surface area contributed by atoms with Crippen LogP contribution < -0.4 is 9.47 Å². The van der Waals surface area contributed by atoms with Crippen LogP contribution in [0.4, 0.5) is 0 Å². The van der Waals surface area contributed by atoms with Crippen LogP contribution in [0.3, 0.4) is 0 Å². The number of ether oxygens (including phenoxy) is 2. The van der Waals surface area contributed by atoms with Gasteiger partial charge in [-0.15, -0.1) is 0 Å². The zero-order valence-electron chi connectivity index (χ0n) is 18.6. The molecule has 0 spiro atoms. The van der Waals surface area contributed by atoms with Crippen LogP contribution in [0.1, 0.15) is 46.3 Å². The number of hydrogen-bond donors (Lipinski definition) is 1. The highest BCUT2D eigenvalue weighted by atomic mass is 16.5. The molecule has 0 amide bonds. The summed E-state index contributed by atoms with van der Waals surface area (Å²) in [6.07, 6.45) is 0.230. The average Bonchev–Trinajstić information content (AvgIpc) is 2.81. The number of rotatable bonds is 10. The van der Waals surface area contributed by atoms with Crippen LogP contribution in [0.5, 0.6) is 11.5 Å². The van der Waals surface area contributed by atoms with E-state index in [0.29, 0.717) is 17.9 Å². The maximum atomic E-state index is 13.5. The Bertz CT molecular complexity index is 1090. The molecular weight excluding hydrogens is 404 g/mol. The van der Waals surface area contributed by atoms with Gasteiger partial charge in [0.05, 0.1) is 13.0 Å². The molecule has 32 heavy (non-hydrogen) atoms. The summed E-state index contributed by atoms with van der Waals surface area (Å²) < 4.78 is 11.2. The van der Waals surface area contributed by atoms with Crippen molar-refractivity contribution >= 4 is 11.8 Å². The molecule has 3 aromatic rings. The molecule has 3 rings (SSSR count). The van der Waals surface area contributed by atoms with Crippen molar-refractivity contribution in [2.24, 2.45) is 5.92 Å². The van der Waals surface area contributed by atoms with Gasteiger partial charge >= 0.3 is 5.97 Å². The second-order valence-corrected chi connectivity index (χ2v) is 7.92. The summed E-state index contributed by atoms with van der Waals surface area (Å²) in [5.41, 5.74) is 3.27. The Labute approximate surface area is 188 Å². The summed E-state index contributed by atoms with van der Waals surface area (Å²) in [6.45, 7) is 3.91. The summed E-state index contributed by atoms with van der Waals surface area (Å²) >= 11 is 0. The van der Waals surface area contributed by atoms with Crippen molar-refractivity contribution < 1.29 is 24.2 Å². The summed E-state index contributed by atoms with van der Waals surface area (Å²) in [5.74, 6) is -0.880. The molecule has 5 nitrogen and oxygen atoms in total. The minimum Gasteiger partial charge on any atom is -0.497 e. The molecule has 0 radical (unpaired) electrons. The number of ketones is 1. The zero-order valence-corrected chi connectivity index (χ0v) is 18.6. The summed E-state index contributed by atoms with van der Waals surface area (Å²) in [5, 5.41) is 9.42. The van der Waals surface area contributed by atoms with Gasteiger partial charge in [-0.2, -0.15) is 0 Å². The van der Waals surface area contributed by atoms with Gasteiger partial charge in [0.25, 0.3) is 0 Å². The second kappa shape index (κ2) is 10.6. The molecule has 0 bridgehead atoms. The summed E-state index contributed by atoms with van der Waals surface area (Å²) in [4.78, 5) is 25.0. The van der Waals surface area contributed by atoms with Crippen LogP contribution in [0, 0.1) is 12.8 Å². The number of carbonyl (C=O) groups is 2. The fourth-order valence-corrected chi connectivity index (χ4v) is 3.68. The molecule has 0 aliphatic heterocycles. The van der Waals surface area contributed by atoms with E-state index < -0.39 is 17.8 Å². The highest BCUT2D eigenvalue weighted by molar-refractivity contribution is 6.01. The third-order valence-corrected chi connectivity index (χ3v) is 5.55. The monoisotopic (exact) mass is 432 g/mol. The predicted octanol–water partition coefficient (Wildman–Crippen LogP) is 5.66. The molecule has 3 aromatic carbocycles. The second-order valence-electron chi connectivity index (χ2n) is 7.92. The molecule has 0 saturated carbocycles. The SMILES string of the molecule is COc1cccc(COc2cccc(C(=O)C(CC(C)C(=O)O)c3ccccc3C)c2)c1. The molecular formula is C27H28O5. The topological polar surface area (TPSA) is 72.8 Å². The van der Waals surface area contributed by atoms with Crippen molar-refractivity contribution in [3.05, 3.63) is 95.1 Å². The van der Waals surface area contributed by atoms with Gasteiger partial charge < -0.3 is 14.6 Å². The van der Waals surface area contributed by atoms with Gasteiger partial charge in [-0.3, -0.25) is 9.59 Å². The molecule has 0 aromatic heterocycles. The van der Waals surface area contributed by atoms with Crippen LogP contribution in [0.25, 0.3) is 0 Å². The van der Waals surface area contributed by atoms with Crippen molar-refractivity contribution in [3.8, 4) is 11.5 Å². The van der Waals surface area contributed by atoms with Crippen molar-refractivity contribution in [3.63, 3.8) is 0 Å². The lowest BCUT2D eigenvalue weighted by atomic mass is 9.82. The molecule has 0 heterocycles. The normalized spacial score (nSPS) is 12.6. The van der Waals surface area contributed by atoms with Crippen molar-refractivity contribution in [2.45, 2.75) is 32.8 Å². The number of aliphatic carboxylic acids is 1. The van der Waals surface area contributed by atoms with E-state index in [9.17, 15) is 14.7 Å². The largest absolute Gasteiger partial charge is 0.497 e. The number of methoxy groups -OCH3 is 1. The van der Waals surface area contributed by atoms with Gasteiger partial charge in [-0.25, -0.2) is 0 Å². The number of Topliss-reactive ketones (excluding diaryl/α,β-unsaturated/α-hetero) is 1. The van der Waals surface area contributed by atoms with Crippen molar-refractivity contribution in [1.29, 1.82) is 0 Å². The minimum absolute atomic E-state index is 0.112. The average molecular weight is 433 g/mol. The van der Waals surface area contributed by atoms with E-state index >= 15 is 0 Å². The first-order valence-electron chi connectivity index (χ1n) is 10.6. The van der Waals surface area contributed by atoms with Crippen LogP contribution in [-0.4, -0.2) is 24.0 Å². The highest BCUT2D eigenvalue weighted by Crippen LogP contribution is 2.31. The smallest absolute Gasteiger partial charge is 0.306 e. The van der Waals surface area contributed by atoms with E-state index in [1.54, 1.807) is 38.3 Å². The molecule has 0 aliphatic carbocycles. The maximum Gasteiger partial charge on any atom is 0.306 e. The Hall–Kier alpha value is -3.60. The summed E-state index contributed by atoms with van der Waals surface area (Å²) in [6, 6.07) is 22.3. The lowest BCUT2D eigenvalue weighted by molar-refractivity contribution is -0.141. The lowest BCUT2D eigenvalue weighted by Crippen LogP contribution is -2.21. The van der Waals surface area contributed by atoms with E-state index in [1.165, 1.54) is 0 Å². The number of benzene rings is 3. The standard InChI is InChI=1S/C27H28O5/c1-18-8-4-5-13-24(18)25(14-19(2)27(29)30)26(28)21-10-7-12-23(16-21)32-17-20-9-6-11-22(15-20)31-3/h4-13,15-16,19,25H,14,17H2,1-3H3,(H,29,30). The molecule has 166 valence electrons. The van der Waals surface area contributed by atoms with E-state index in [0.717, 1.165) is 22.4 Å². The number of carboxylic acid groups (broad SMARTS) is 1. The highest BCUT2D eigenvalue weighted by Gasteiger charge is 2.28. The van der Waals surface area contributed by atoms with E-state index in [1.807, 2.05) is 55.5 Å². The van der Waals surface area contributed by atoms with Gasteiger partial charge in [0.2, 0.25) is 0 Å². The molecule has 0 aliphatic rings. The number of carboxylic acids is 1. The number of aryl methyl sites for hydroxylation is 1. The van der Waals surface area contributed by atoms with Gasteiger partial charge in [-0.05, 0) is 54.3 Å². The van der Waals surface area contributed by atoms with E-state index in [2.05, 4.69) is 0 Å².